The quantitative estimate of drug-likeness (QED) is 0.482. The second-order valence-corrected chi connectivity index (χ2v) is 9.02. The molecule has 0 radical (unpaired) electrons. The largest absolute Gasteiger partial charge is 0.352 e. The van der Waals surface area contributed by atoms with Crippen molar-refractivity contribution in [2.24, 2.45) is 0 Å². The van der Waals surface area contributed by atoms with Gasteiger partial charge in [0.05, 0.1) is 32.6 Å². The van der Waals surface area contributed by atoms with Crippen LogP contribution in [-0.4, -0.2) is 11.5 Å². The average molecular weight is 435 g/mol. The standard InChI is InChI=1S/C22H24Cl2N2OS/c1-2-3-4-5-12-28-22-15(13-25)19(14-8-6-9-16(23)21(14)24)20-17(26-22)10-7-11-18(20)27/h6,8-9,19,26H,2-5,7,10-12H2,1H3/t19-/m1/s1. The Morgan fingerprint density at radius 1 is 1.25 bits per heavy atom. The van der Waals surface area contributed by atoms with Crippen molar-refractivity contribution in [3.05, 3.63) is 55.7 Å². The monoisotopic (exact) mass is 434 g/mol. The van der Waals surface area contributed by atoms with Crippen LogP contribution in [0, 0.1) is 11.3 Å². The molecule has 0 aromatic heterocycles. The molecule has 3 nitrogen and oxygen atoms in total. The number of ketones is 1. The summed E-state index contributed by atoms with van der Waals surface area (Å²) in [5.41, 5.74) is 2.92. The van der Waals surface area contributed by atoms with Gasteiger partial charge in [-0.3, -0.25) is 4.79 Å². The fraction of sp³-hybridized carbons (Fsp3) is 0.455. The first-order valence-electron chi connectivity index (χ1n) is 9.82. The van der Waals surface area contributed by atoms with Crippen LogP contribution in [0.15, 0.2) is 40.1 Å². The summed E-state index contributed by atoms with van der Waals surface area (Å²) in [7, 11) is 0. The zero-order chi connectivity index (χ0) is 20.1. The molecule has 1 atom stereocenters. The summed E-state index contributed by atoms with van der Waals surface area (Å²) in [6.07, 6.45) is 6.87. The van der Waals surface area contributed by atoms with E-state index in [0.717, 1.165) is 41.3 Å². The lowest BCUT2D eigenvalue weighted by molar-refractivity contribution is -0.116. The van der Waals surface area contributed by atoms with Crippen LogP contribution >= 0.6 is 35.0 Å². The van der Waals surface area contributed by atoms with E-state index in [-0.39, 0.29) is 5.78 Å². The smallest absolute Gasteiger partial charge is 0.161 e. The van der Waals surface area contributed by atoms with Gasteiger partial charge < -0.3 is 5.32 Å². The highest BCUT2D eigenvalue weighted by Gasteiger charge is 2.38. The number of nitrogens with zero attached hydrogens (tertiary/aromatic N) is 1. The first-order valence-corrected chi connectivity index (χ1v) is 11.6. The van der Waals surface area contributed by atoms with E-state index in [1.54, 1.807) is 17.8 Å². The number of rotatable bonds is 7. The Labute approximate surface area is 181 Å². The van der Waals surface area contributed by atoms with Crippen molar-refractivity contribution < 1.29 is 4.79 Å². The van der Waals surface area contributed by atoms with Crippen molar-refractivity contribution in [2.75, 3.05) is 5.75 Å². The fourth-order valence-electron chi connectivity index (χ4n) is 3.79. The van der Waals surface area contributed by atoms with Gasteiger partial charge in [-0.05, 0) is 36.6 Å². The van der Waals surface area contributed by atoms with Crippen LogP contribution in [-0.2, 0) is 4.79 Å². The number of dihydropyridines is 1. The Balaban J connectivity index is 2.00. The number of carbonyl (C=O) groups excluding carboxylic acids is 1. The molecule has 0 saturated carbocycles. The van der Waals surface area contributed by atoms with Gasteiger partial charge in [0.1, 0.15) is 0 Å². The highest BCUT2D eigenvalue weighted by Crippen LogP contribution is 2.46. The minimum absolute atomic E-state index is 0.0922. The van der Waals surface area contributed by atoms with E-state index in [4.69, 9.17) is 23.2 Å². The van der Waals surface area contributed by atoms with E-state index >= 15 is 0 Å². The third kappa shape index (κ3) is 4.43. The predicted molar refractivity (Wildman–Crippen MR) is 117 cm³/mol. The number of Topliss-reactive ketones (excluding diaryl/α,β-unsaturated/α-hetero) is 1. The second kappa shape index (κ2) is 9.87. The van der Waals surface area contributed by atoms with Crippen LogP contribution in [0.2, 0.25) is 10.0 Å². The molecule has 1 aromatic rings. The van der Waals surface area contributed by atoms with Gasteiger partial charge in [0, 0.05) is 17.7 Å². The number of hydrogen-bond acceptors (Lipinski definition) is 4. The van der Waals surface area contributed by atoms with E-state index in [1.165, 1.54) is 19.3 Å². The first kappa shape index (κ1) is 21.3. The number of benzene rings is 1. The summed E-state index contributed by atoms with van der Waals surface area (Å²) < 4.78 is 0. The number of nitrogens with one attached hydrogen (secondary N) is 1. The minimum atomic E-state index is -0.446. The number of carbonyl (C=O) groups is 1. The molecule has 1 aliphatic carbocycles. The molecule has 1 aliphatic heterocycles. The molecule has 3 rings (SSSR count). The predicted octanol–water partition coefficient (Wildman–Crippen LogP) is 6.74. The van der Waals surface area contributed by atoms with Gasteiger partial charge in [0.2, 0.25) is 0 Å². The molecule has 1 heterocycles. The number of nitriles is 1. The molecule has 1 N–H and O–H groups in total. The van der Waals surface area contributed by atoms with Gasteiger partial charge in [-0.1, -0.05) is 61.5 Å². The lowest BCUT2D eigenvalue weighted by atomic mass is 9.77. The molecule has 0 bridgehead atoms. The molecule has 0 spiro atoms. The van der Waals surface area contributed by atoms with Crippen LogP contribution in [0.4, 0.5) is 0 Å². The summed E-state index contributed by atoms with van der Waals surface area (Å²) in [6, 6.07) is 7.79. The molecule has 0 fully saturated rings. The number of halogens is 2. The zero-order valence-corrected chi connectivity index (χ0v) is 18.3. The molecule has 2 aliphatic rings. The Bertz CT molecular complexity index is 870. The molecule has 0 saturated heterocycles. The van der Waals surface area contributed by atoms with Crippen LogP contribution in [0.1, 0.15) is 63.4 Å². The number of unbranched alkanes of at least 4 members (excludes halogenated alkanes) is 3. The molecule has 6 heteroatoms. The van der Waals surface area contributed by atoms with E-state index in [0.29, 0.717) is 27.6 Å². The maximum atomic E-state index is 12.8. The summed E-state index contributed by atoms with van der Waals surface area (Å²) in [6.45, 7) is 2.19. The molecule has 0 amide bonds. The summed E-state index contributed by atoms with van der Waals surface area (Å²) in [4.78, 5) is 12.8. The number of allylic oxidation sites excluding steroid dienone is 3. The Hall–Kier alpha value is -1.41. The fourth-order valence-corrected chi connectivity index (χ4v) is 5.28. The van der Waals surface area contributed by atoms with Crippen molar-refractivity contribution in [3.63, 3.8) is 0 Å². The zero-order valence-electron chi connectivity index (χ0n) is 16.0. The van der Waals surface area contributed by atoms with Gasteiger partial charge in [-0.25, -0.2) is 0 Å². The van der Waals surface area contributed by atoms with E-state index < -0.39 is 5.92 Å². The normalized spacial score (nSPS) is 19.4. The van der Waals surface area contributed by atoms with Crippen molar-refractivity contribution in [1.82, 2.24) is 5.32 Å². The SMILES string of the molecule is CCCCCCSC1=C(C#N)[C@@H](c2cccc(Cl)c2Cl)C2=C(CCCC2=O)N1. The average Bonchev–Trinajstić information content (AvgIpc) is 2.69. The van der Waals surface area contributed by atoms with Crippen LogP contribution in [0.5, 0.6) is 0 Å². The minimum Gasteiger partial charge on any atom is -0.352 e. The number of hydrogen-bond donors (Lipinski definition) is 1. The molecule has 0 unspecified atom stereocenters. The highest BCUT2D eigenvalue weighted by molar-refractivity contribution is 8.03. The molecule has 148 valence electrons. The summed E-state index contributed by atoms with van der Waals surface area (Å²) in [5.74, 6) is 0.591. The van der Waals surface area contributed by atoms with Gasteiger partial charge >= 0.3 is 0 Å². The van der Waals surface area contributed by atoms with E-state index in [2.05, 4.69) is 18.3 Å². The highest BCUT2D eigenvalue weighted by atomic mass is 35.5. The lowest BCUT2D eigenvalue weighted by Gasteiger charge is -2.33. The molecule has 28 heavy (non-hydrogen) atoms. The van der Waals surface area contributed by atoms with Crippen molar-refractivity contribution in [3.8, 4) is 6.07 Å². The third-order valence-corrected chi connectivity index (χ3v) is 7.14. The Morgan fingerprint density at radius 2 is 2.07 bits per heavy atom. The van der Waals surface area contributed by atoms with Crippen molar-refractivity contribution in [2.45, 2.75) is 57.8 Å². The van der Waals surface area contributed by atoms with Gasteiger partial charge in [-0.15, -0.1) is 11.8 Å². The molecular weight excluding hydrogens is 411 g/mol. The summed E-state index contributed by atoms with van der Waals surface area (Å²) in [5, 5.41) is 15.1. The maximum Gasteiger partial charge on any atom is 0.161 e. The second-order valence-electron chi connectivity index (χ2n) is 7.13. The first-order chi connectivity index (χ1) is 13.6. The molecular formula is C22H24Cl2N2OS. The summed E-state index contributed by atoms with van der Waals surface area (Å²) >= 11 is 14.4. The van der Waals surface area contributed by atoms with Gasteiger partial charge in [0.15, 0.2) is 5.78 Å². The van der Waals surface area contributed by atoms with Crippen LogP contribution in [0.3, 0.4) is 0 Å². The Morgan fingerprint density at radius 3 is 2.82 bits per heavy atom. The van der Waals surface area contributed by atoms with Crippen LogP contribution in [0.25, 0.3) is 0 Å². The van der Waals surface area contributed by atoms with Gasteiger partial charge in [-0.2, -0.15) is 5.26 Å². The number of thioether (sulfide) groups is 1. The topological polar surface area (TPSA) is 52.9 Å². The Kier molecular flexibility index (Phi) is 7.51. The van der Waals surface area contributed by atoms with Gasteiger partial charge in [0.25, 0.3) is 0 Å². The third-order valence-electron chi connectivity index (χ3n) is 5.20. The lowest BCUT2D eigenvalue weighted by Crippen LogP contribution is -2.31. The maximum absolute atomic E-state index is 12.8. The molecule has 1 aromatic carbocycles. The van der Waals surface area contributed by atoms with Crippen molar-refractivity contribution >= 4 is 40.7 Å². The van der Waals surface area contributed by atoms with Crippen molar-refractivity contribution in [1.29, 1.82) is 5.26 Å². The van der Waals surface area contributed by atoms with E-state index in [1.807, 2.05) is 12.1 Å². The van der Waals surface area contributed by atoms with Crippen LogP contribution < -0.4 is 5.32 Å². The van der Waals surface area contributed by atoms with E-state index in [9.17, 15) is 10.1 Å².